The van der Waals surface area contributed by atoms with Gasteiger partial charge in [0.25, 0.3) is 0 Å². The van der Waals surface area contributed by atoms with E-state index in [1.54, 1.807) is 19.2 Å². The summed E-state index contributed by atoms with van der Waals surface area (Å²) < 4.78 is 6.42. The van der Waals surface area contributed by atoms with E-state index in [0.29, 0.717) is 35.3 Å². The van der Waals surface area contributed by atoms with Crippen molar-refractivity contribution in [3.05, 3.63) is 76.3 Å². The zero-order valence-corrected chi connectivity index (χ0v) is 24.3. The van der Waals surface area contributed by atoms with E-state index in [4.69, 9.17) is 27.9 Å². The number of likely N-dealkylation sites (tertiary alicyclic amines) is 1. The molecule has 1 aliphatic heterocycles. The Morgan fingerprint density at radius 2 is 2.03 bits per heavy atom. The van der Waals surface area contributed by atoms with Gasteiger partial charge in [-0.3, -0.25) is 4.79 Å². The second-order valence-electron chi connectivity index (χ2n) is 11.8. The Morgan fingerprint density at radius 3 is 2.71 bits per heavy atom. The maximum atomic E-state index is 13.1. The Bertz CT molecular complexity index is 1170. The van der Waals surface area contributed by atoms with Gasteiger partial charge in [-0.15, -0.1) is 0 Å². The minimum absolute atomic E-state index is 0.0405. The van der Waals surface area contributed by atoms with Crippen LogP contribution in [0.15, 0.2) is 55.1 Å². The molecule has 7 heteroatoms. The van der Waals surface area contributed by atoms with Crippen molar-refractivity contribution in [2.45, 2.75) is 63.0 Å². The molecular formula is C31H41Cl2N2O3+. The number of halogens is 2. The van der Waals surface area contributed by atoms with Crippen molar-refractivity contribution >= 4 is 29.1 Å². The average Bonchev–Trinajstić information content (AvgIpc) is 2.86. The summed E-state index contributed by atoms with van der Waals surface area (Å²) in [6, 6.07) is 13.4. The number of hydrogen-bond acceptors (Lipinski definition) is 3. The van der Waals surface area contributed by atoms with Crippen molar-refractivity contribution in [3.63, 3.8) is 0 Å². The Morgan fingerprint density at radius 1 is 1.24 bits per heavy atom. The summed E-state index contributed by atoms with van der Waals surface area (Å²) in [7, 11) is 1.67. The molecule has 206 valence electrons. The number of carbonyl (C=O) groups is 1. The number of rotatable bonds is 9. The van der Waals surface area contributed by atoms with Gasteiger partial charge in [-0.1, -0.05) is 61.8 Å². The lowest BCUT2D eigenvalue weighted by Crippen LogP contribution is -2.73. The molecule has 4 atom stereocenters. The first kappa shape index (κ1) is 28.9. The number of aliphatic hydroxyl groups is 1. The highest BCUT2D eigenvalue weighted by atomic mass is 35.5. The van der Waals surface area contributed by atoms with E-state index in [9.17, 15) is 9.90 Å². The monoisotopic (exact) mass is 559 g/mol. The molecule has 1 saturated carbocycles. The number of amides is 1. The molecule has 4 rings (SSSR count). The fourth-order valence-corrected chi connectivity index (χ4v) is 7.44. The van der Waals surface area contributed by atoms with Gasteiger partial charge >= 0.3 is 0 Å². The van der Waals surface area contributed by atoms with Gasteiger partial charge in [-0.2, -0.15) is 0 Å². The van der Waals surface area contributed by atoms with Gasteiger partial charge in [0.2, 0.25) is 5.91 Å². The van der Waals surface area contributed by atoms with E-state index in [1.165, 1.54) is 0 Å². The quantitative estimate of drug-likeness (QED) is 0.295. The molecule has 2 aliphatic rings. The second-order valence-corrected chi connectivity index (χ2v) is 12.6. The Balaban J connectivity index is 1.62. The number of nitrogens with one attached hydrogen (secondary N) is 1. The molecule has 1 saturated heterocycles. The van der Waals surface area contributed by atoms with Crippen molar-refractivity contribution < 1.29 is 19.1 Å². The fourth-order valence-electron chi connectivity index (χ4n) is 7.12. The molecule has 2 aromatic carbocycles. The van der Waals surface area contributed by atoms with Crippen LogP contribution in [0.2, 0.25) is 10.0 Å². The van der Waals surface area contributed by atoms with E-state index in [-0.39, 0.29) is 18.4 Å². The predicted octanol–water partition coefficient (Wildman–Crippen LogP) is 5.94. The molecule has 0 bridgehead atoms. The van der Waals surface area contributed by atoms with Crippen LogP contribution >= 0.6 is 23.2 Å². The molecule has 1 unspecified atom stereocenters. The lowest BCUT2D eigenvalue weighted by Gasteiger charge is -2.60. The first-order chi connectivity index (χ1) is 18.0. The molecule has 2 fully saturated rings. The molecule has 1 amide bonds. The highest BCUT2D eigenvalue weighted by Gasteiger charge is 2.62. The van der Waals surface area contributed by atoms with Crippen LogP contribution in [0.1, 0.15) is 50.7 Å². The third-order valence-corrected chi connectivity index (χ3v) is 9.35. The zero-order valence-electron chi connectivity index (χ0n) is 22.8. The molecule has 2 aromatic rings. The minimum atomic E-state index is -0.902. The summed E-state index contributed by atoms with van der Waals surface area (Å²) in [6.07, 6.45) is 5.09. The van der Waals surface area contributed by atoms with E-state index in [2.05, 4.69) is 37.9 Å². The lowest BCUT2D eigenvalue weighted by molar-refractivity contribution is -0.938. The summed E-state index contributed by atoms with van der Waals surface area (Å²) in [5.74, 6) is 1.25. The van der Waals surface area contributed by atoms with E-state index < -0.39 is 11.0 Å². The summed E-state index contributed by atoms with van der Waals surface area (Å²) in [6.45, 7) is 12.0. The van der Waals surface area contributed by atoms with Crippen molar-refractivity contribution in [2.75, 3.05) is 33.3 Å². The maximum Gasteiger partial charge on any atom is 0.224 e. The Kier molecular flexibility index (Phi) is 8.83. The van der Waals surface area contributed by atoms with Gasteiger partial charge in [0.15, 0.2) is 0 Å². The number of methoxy groups -OCH3 is 1. The average molecular weight is 561 g/mol. The normalized spacial score (nSPS) is 29.0. The van der Waals surface area contributed by atoms with Gasteiger partial charge in [0, 0.05) is 23.8 Å². The van der Waals surface area contributed by atoms with Gasteiger partial charge < -0.3 is 19.6 Å². The Hall–Kier alpha value is -2.05. The molecule has 0 radical (unpaired) electrons. The number of fused-ring (bicyclic) bond motifs is 1. The summed E-state index contributed by atoms with van der Waals surface area (Å²) >= 11 is 12.2. The van der Waals surface area contributed by atoms with Crippen molar-refractivity contribution in [1.82, 2.24) is 5.32 Å². The molecule has 2 N–H and O–H groups in total. The van der Waals surface area contributed by atoms with Crippen LogP contribution in [0.5, 0.6) is 5.75 Å². The van der Waals surface area contributed by atoms with E-state index >= 15 is 0 Å². The first-order valence-electron chi connectivity index (χ1n) is 13.6. The van der Waals surface area contributed by atoms with Crippen LogP contribution in [0.25, 0.3) is 0 Å². The standard InChI is InChI=1S/C31H40Cl2N2O3/c1-5-14-35(20-22(2)3)15-13-30(24-7-6-8-26(18-24)38-4)19-25(11-12-31(30,37)21-35)34-29(36)17-23-9-10-27(32)28(33)16-23/h5-10,16,18,22,25,37H,1,11-15,17,19-21H2,2-4H3/p+1/t25-,30+,31?,35-/m0/s1. The van der Waals surface area contributed by atoms with Crippen LogP contribution in [-0.2, 0) is 16.6 Å². The molecule has 0 aromatic heterocycles. The minimum Gasteiger partial charge on any atom is -0.497 e. The summed E-state index contributed by atoms with van der Waals surface area (Å²) in [4.78, 5) is 13.1. The number of nitrogens with zero attached hydrogens (tertiary/aromatic N) is 1. The van der Waals surface area contributed by atoms with Gasteiger partial charge in [0.05, 0.1) is 43.2 Å². The summed E-state index contributed by atoms with van der Waals surface area (Å²) in [5.41, 5.74) is 0.523. The van der Waals surface area contributed by atoms with Crippen molar-refractivity contribution in [2.24, 2.45) is 5.92 Å². The van der Waals surface area contributed by atoms with Crippen LogP contribution in [0.4, 0.5) is 0 Å². The van der Waals surface area contributed by atoms with Gasteiger partial charge in [0.1, 0.15) is 17.9 Å². The lowest BCUT2D eigenvalue weighted by atomic mass is 9.54. The number of carbonyl (C=O) groups excluding carboxylic acids is 1. The van der Waals surface area contributed by atoms with Crippen molar-refractivity contribution in [3.8, 4) is 5.75 Å². The number of hydrogen-bond donors (Lipinski definition) is 2. The topological polar surface area (TPSA) is 58.6 Å². The second kappa shape index (κ2) is 11.6. The first-order valence-corrected chi connectivity index (χ1v) is 14.4. The largest absolute Gasteiger partial charge is 0.497 e. The third kappa shape index (κ3) is 5.91. The SMILES string of the molecule is C=CC[N@@+]1(CC(C)C)CC[C@]2(c3cccc(OC)c3)C[C@@H](NC(=O)Cc3ccc(Cl)c(Cl)c3)CCC2(O)C1. The van der Waals surface area contributed by atoms with Crippen LogP contribution < -0.4 is 10.1 Å². The molecule has 0 spiro atoms. The molecule has 5 nitrogen and oxygen atoms in total. The molecule has 1 heterocycles. The smallest absolute Gasteiger partial charge is 0.224 e. The number of ether oxygens (including phenoxy) is 1. The van der Waals surface area contributed by atoms with E-state index in [0.717, 1.165) is 53.8 Å². The van der Waals surface area contributed by atoms with Crippen molar-refractivity contribution in [1.29, 1.82) is 0 Å². The number of piperidine rings is 1. The van der Waals surface area contributed by atoms with Crippen LogP contribution in [0, 0.1) is 5.92 Å². The number of quaternary nitrogens is 1. The van der Waals surface area contributed by atoms with Gasteiger partial charge in [-0.05, 0) is 60.7 Å². The number of benzene rings is 2. The molecule has 38 heavy (non-hydrogen) atoms. The van der Waals surface area contributed by atoms with Gasteiger partial charge in [-0.25, -0.2) is 0 Å². The molecule has 1 aliphatic carbocycles. The van der Waals surface area contributed by atoms with Crippen LogP contribution in [0.3, 0.4) is 0 Å². The van der Waals surface area contributed by atoms with Crippen LogP contribution in [-0.4, -0.2) is 60.4 Å². The molecular weight excluding hydrogens is 519 g/mol. The third-order valence-electron chi connectivity index (χ3n) is 8.61. The highest BCUT2D eigenvalue weighted by molar-refractivity contribution is 6.42. The van der Waals surface area contributed by atoms with E-state index in [1.807, 2.05) is 24.3 Å². The maximum absolute atomic E-state index is 13.1. The fraction of sp³-hybridized carbons (Fsp3) is 0.516. The summed E-state index contributed by atoms with van der Waals surface area (Å²) in [5, 5.41) is 16.7. The predicted molar refractivity (Wildman–Crippen MR) is 155 cm³/mol. The zero-order chi connectivity index (χ0) is 27.6. The Labute approximate surface area is 237 Å². The highest BCUT2D eigenvalue weighted by Crippen LogP contribution is 2.53.